The van der Waals surface area contributed by atoms with Gasteiger partial charge in [0.25, 0.3) is 0 Å². The van der Waals surface area contributed by atoms with Gasteiger partial charge in [0.1, 0.15) is 25.5 Å². The molecule has 1 N–H and O–H groups in total. The van der Waals surface area contributed by atoms with E-state index in [4.69, 9.17) is 21.1 Å². The lowest BCUT2D eigenvalue weighted by Gasteiger charge is -2.07. The third-order valence-corrected chi connectivity index (χ3v) is 3.31. The number of ether oxygens (including phenoxy) is 2. The molecule has 2 rings (SSSR count). The molecule has 2 aromatic carbocycles. The van der Waals surface area contributed by atoms with Crippen LogP contribution in [0.3, 0.4) is 0 Å². The van der Waals surface area contributed by atoms with E-state index in [9.17, 15) is 9.59 Å². The Balaban J connectivity index is 1.59. The van der Waals surface area contributed by atoms with Gasteiger partial charge in [0.15, 0.2) is 0 Å². The molecule has 0 spiro atoms. The highest BCUT2D eigenvalue weighted by Gasteiger charge is 2.04. The Hall–Kier alpha value is -2.79. The van der Waals surface area contributed by atoms with Crippen molar-refractivity contribution in [1.29, 1.82) is 0 Å². The highest BCUT2D eigenvalue weighted by atomic mass is 35.5. The fraction of sp³-hybridized carbons (Fsp3) is 0.158. The van der Waals surface area contributed by atoms with E-state index >= 15 is 0 Å². The Labute approximate surface area is 151 Å². The molecule has 0 saturated carbocycles. The SMILES string of the molecule is O=C(/C=C/c1ccccc1)NCC(=O)OCCOc1ccc(Cl)cc1. The molecule has 0 aliphatic rings. The van der Waals surface area contributed by atoms with Crippen LogP contribution in [-0.2, 0) is 14.3 Å². The summed E-state index contributed by atoms with van der Waals surface area (Å²) in [4.78, 5) is 23.2. The van der Waals surface area contributed by atoms with Crippen LogP contribution < -0.4 is 10.1 Å². The predicted molar refractivity (Wildman–Crippen MR) is 96.4 cm³/mol. The molecule has 5 nitrogen and oxygen atoms in total. The number of benzene rings is 2. The maximum Gasteiger partial charge on any atom is 0.325 e. The first-order valence-electron chi connectivity index (χ1n) is 7.68. The molecule has 6 heteroatoms. The van der Waals surface area contributed by atoms with E-state index in [1.165, 1.54) is 6.08 Å². The fourth-order valence-corrected chi connectivity index (χ4v) is 1.98. The summed E-state index contributed by atoms with van der Waals surface area (Å²) >= 11 is 5.77. The molecule has 0 aliphatic heterocycles. The molecule has 0 atom stereocenters. The second-order valence-electron chi connectivity index (χ2n) is 4.98. The number of amides is 1. The average molecular weight is 360 g/mol. The van der Waals surface area contributed by atoms with Crippen molar-refractivity contribution in [3.63, 3.8) is 0 Å². The number of esters is 1. The first kappa shape index (κ1) is 18.5. The molecular formula is C19H18ClNO4. The zero-order valence-corrected chi connectivity index (χ0v) is 14.2. The molecule has 2 aromatic rings. The second-order valence-corrected chi connectivity index (χ2v) is 5.42. The molecule has 0 radical (unpaired) electrons. The minimum Gasteiger partial charge on any atom is -0.490 e. The van der Waals surface area contributed by atoms with Crippen LogP contribution in [0.25, 0.3) is 6.08 Å². The molecule has 0 bridgehead atoms. The molecule has 0 aromatic heterocycles. The van der Waals surface area contributed by atoms with Gasteiger partial charge < -0.3 is 14.8 Å². The van der Waals surface area contributed by atoms with Crippen LogP contribution in [0.15, 0.2) is 60.7 Å². The van der Waals surface area contributed by atoms with Gasteiger partial charge in [0.2, 0.25) is 5.91 Å². The van der Waals surface area contributed by atoms with Crippen LogP contribution in [0.1, 0.15) is 5.56 Å². The van der Waals surface area contributed by atoms with Crippen molar-refractivity contribution in [1.82, 2.24) is 5.32 Å². The van der Waals surface area contributed by atoms with Gasteiger partial charge in [-0.2, -0.15) is 0 Å². The minimum atomic E-state index is -0.527. The van der Waals surface area contributed by atoms with Crippen LogP contribution in [0.2, 0.25) is 5.02 Å². The Morgan fingerprint density at radius 1 is 1.00 bits per heavy atom. The van der Waals surface area contributed by atoms with Gasteiger partial charge in [-0.25, -0.2) is 0 Å². The van der Waals surface area contributed by atoms with E-state index in [0.29, 0.717) is 10.8 Å². The largest absolute Gasteiger partial charge is 0.490 e. The molecule has 0 fully saturated rings. The molecule has 1 amide bonds. The van der Waals surface area contributed by atoms with Crippen LogP contribution in [0.5, 0.6) is 5.75 Å². The number of hydrogen-bond donors (Lipinski definition) is 1. The van der Waals surface area contributed by atoms with Crippen molar-refractivity contribution in [2.75, 3.05) is 19.8 Å². The van der Waals surface area contributed by atoms with Crippen molar-refractivity contribution in [3.8, 4) is 5.75 Å². The van der Waals surface area contributed by atoms with Gasteiger partial charge in [-0.3, -0.25) is 9.59 Å². The Morgan fingerprint density at radius 2 is 1.72 bits per heavy atom. The summed E-state index contributed by atoms with van der Waals surface area (Å²) in [5.41, 5.74) is 0.902. The van der Waals surface area contributed by atoms with E-state index in [1.54, 1.807) is 30.3 Å². The van der Waals surface area contributed by atoms with E-state index in [-0.39, 0.29) is 25.7 Å². The van der Waals surface area contributed by atoms with Crippen molar-refractivity contribution in [3.05, 3.63) is 71.3 Å². The fourth-order valence-electron chi connectivity index (χ4n) is 1.85. The quantitative estimate of drug-likeness (QED) is 0.447. The summed E-state index contributed by atoms with van der Waals surface area (Å²) in [6, 6.07) is 16.3. The highest BCUT2D eigenvalue weighted by molar-refractivity contribution is 6.30. The highest BCUT2D eigenvalue weighted by Crippen LogP contribution is 2.15. The smallest absolute Gasteiger partial charge is 0.325 e. The predicted octanol–water partition coefficient (Wildman–Crippen LogP) is 3.09. The van der Waals surface area contributed by atoms with Crippen LogP contribution in [0, 0.1) is 0 Å². The first-order valence-corrected chi connectivity index (χ1v) is 8.06. The normalized spacial score (nSPS) is 10.4. The number of nitrogens with one attached hydrogen (secondary N) is 1. The zero-order valence-electron chi connectivity index (χ0n) is 13.5. The third kappa shape index (κ3) is 7.54. The van der Waals surface area contributed by atoms with Crippen LogP contribution in [-0.4, -0.2) is 31.6 Å². The first-order chi connectivity index (χ1) is 12.1. The van der Waals surface area contributed by atoms with Gasteiger partial charge in [0, 0.05) is 11.1 Å². The Bertz CT molecular complexity index is 714. The number of halogens is 1. The van der Waals surface area contributed by atoms with Crippen molar-refractivity contribution in [2.45, 2.75) is 0 Å². The van der Waals surface area contributed by atoms with E-state index < -0.39 is 5.97 Å². The Kier molecular flexibility index (Phi) is 7.53. The van der Waals surface area contributed by atoms with Crippen molar-refractivity contribution >= 4 is 29.6 Å². The standard InChI is InChI=1S/C19H18ClNO4/c20-16-7-9-17(10-8-16)24-12-13-25-19(23)14-21-18(22)11-6-15-4-2-1-3-5-15/h1-11H,12-14H2,(H,21,22)/b11-6+. The summed E-state index contributed by atoms with van der Waals surface area (Å²) in [6.07, 6.45) is 3.03. The molecule has 25 heavy (non-hydrogen) atoms. The number of carbonyl (C=O) groups is 2. The van der Waals surface area contributed by atoms with Crippen LogP contribution in [0.4, 0.5) is 0 Å². The summed E-state index contributed by atoms with van der Waals surface area (Å²) < 4.78 is 10.4. The van der Waals surface area contributed by atoms with E-state index in [0.717, 1.165) is 5.56 Å². The lowest BCUT2D eigenvalue weighted by atomic mass is 10.2. The van der Waals surface area contributed by atoms with Gasteiger partial charge in [0.05, 0.1) is 0 Å². The molecule has 0 aliphatic carbocycles. The Morgan fingerprint density at radius 3 is 2.44 bits per heavy atom. The maximum atomic E-state index is 11.6. The third-order valence-electron chi connectivity index (χ3n) is 3.06. The van der Waals surface area contributed by atoms with Gasteiger partial charge in [-0.15, -0.1) is 0 Å². The lowest BCUT2D eigenvalue weighted by Crippen LogP contribution is -2.30. The zero-order chi connectivity index (χ0) is 17.9. The second kappa shape index (κ2) is 10.2. The van der Waals surface area contributed by atoms with E-state index in [1.807, 2.05) is 30.3 Å². The van der Waals surface area contributed by atoms with Gasteiger partial charge in [-0.05, 0) is 35.9 Å². The van der Waals surface area contributed by atoms with Crippen LogP contribution >= 0.6 is 11.6 Å². The van der Waals surface area contributed by atoms with Gasteiger partial charge >= 0.3 is 5.97 Å². The molecule has 130 valence electrons. The maximum absolute atomic E-state index is 11.6. The summed E-state index contributed by atoms with van der Waals surface area (Å²) in [6.45, 7) is 0.116. The van der Waals surface area contributed by atoms with Crippen molar-refractivity contribution < 1.29 is 19.1 Å². The number of hydrogen-bond acceptors (Lipinski definition) is 4. The van der Waals surface area contributed by atoms with Gasteiger partial charge in [-0.1, -0.05) is 41.9 Å². The topological polar surface area (TPSA) is 64.6 Å². The monoisotopic (exact) mass is 359 g/mol. The van der Waals surface area contributed by atoms with E-state index in [2.05, 4.69) is 5.32 Å². The molecule has 0 saturated heterocycles. The lowest BCUT2D eigenvalue weighted by molar-refractivity contribution is -0.144. The molecular weight excluding hydrogens is 342 g/mol. The molecule has 0 unspecified atom stereocenters. The number of rotatable bonds is 8. The number of carbonyl (C=O) groups excluding carboxylic acids is 2. The summed E-state index contributed by atoms with van der Waals surface area (Å²) in [5.74, 6) is -0.251. The summed E-state index contributed by atoms with van der Waals surface area (Å²) in [7, 11) is 0. The van der Waals surface area contributed by atoms with Crippen molar-refractivity contribution in [2.24, 2.45) is 0 Å². The summed E-state index contributed by atoms with van der Waals surface area (Å²) in [5, 5.41) is 3.08. The minimum absolute atomic E-state index is 0.0944. The molecule has 0 heterocycles. The average Bonchev–Trinajstić information content (AvgIpc) is 2.64.